The quantitative estimate of drug-likeness (QED) is 0.810. The van der Waals surface area contributed by atoms with Crippen LogP contribution in [0.5, 0.6) is 0 Å². The molecule has 0 amide bonds. The van der Waals surface area contributed by atoms with Gasteiger partial charge in [-0.15, -0.1) is 0 Å². The zero-order valence-electron chi connectivity index (χ0n) is 11.3. The Morgan fingerprint density at radius 1 is 1.39 bits per heavy atom. The first-order chi connectivity index (χ1) is 8.75. The molecule has 0 spiro atoms. The predicted molar refractivity (Wildman–Crippen MR) is 72.3 cm³/mol. The van der Waals surface area contributed by atoms with Crippen molar-refractivity contribution in [3.05, 3.63) is 18.5 Å². The topological polar surface area (TPSA) is 50.1 Å². The number of hydrogen-bond donors (Lipinski definition) is 2. The van der Waals surface area contributed by atoms with Crippen molar-refractivity contribution in [2.75, 3.05) is 6.54 Å². The molecular formula is C14H25N3O. The molecule has 2 atom stereocenters. The van der Waals surface area contributed by atoms with E-state index in [1.54, 1.807) is 10.9 Å². The fourth-order valence-electron chi connectivity index (χ4n) is 2.81. The summed E-state index contributed by atoms with van der Waals surface area (Å²) in [7, 11) is 0. The van der Waals surface area contributed by atoms with E-state index in [1.165, 1.54) is 32.1 Å². The molecule has 0 bridgehead atoms. The molecule has 1 fully saturated rings. The Bertz CT molecular complexity index is 320. The molecule has 0 aromatic carbocycles. The summed E-state index contributed by atoms with van der Waals surface area (Å²) in [5.74, 6) is 0.788. The van der Waals surface area contributed by atoms with Gasteiger partial charge in [0.1, 0.15) is 0 Å². The first-order valence-electron chi connectivity index (χ1n) is 7.14. The van der Waals surface area contributed by atoms with Gasteiger partial charge in [0, 0.05) is 25.0 Å². The van der Waals surface area contributed by atoms with Gasteiger partial charge in [0.05, 0.1) is 12.6 Å². The Hall–Kier alpha value is -0.870. The lowest BCUT2D eigenvalue weighted by atomic mass is 9.84. The van der Waals surface area contributed by atoms with E-state index in [9.17, 15) is 5.11 Å². The van der Waals surface area contributed by atoms with Crippen molar-refractivity contribution < 1.29 is 5.11 Å². The van der Waals surface area contributed by atoms with Crippen LogP contribution >= 0.6 is 0 Å². The first-order valence-corrected chi connectivity index (χ1v) is 7.14. The fourth-order valence-corrected chi connectivity index (χ4v) is 2.81. The summed E-state index contributed by atoms with van der Waals surface area (Å²) in [5, 5.41) is 17.5. The maximum atomic E-state index is 9.94. The molecule has 2 N–H and O–H groups in total. The molecule has 102 valence electrons. The first kappa shape index (κ1) is 13.6. The number of aromatic nitrogens is 2. The average Bonchev–Trinajstić information content (AvgIpc) is 2.90. The van der Waals surface area contributed by atoms with E-state index in [1.807, 2.05) is 12.3 Å². The summed E-state index contributed by atoms with van der Waals surface area (Å²) in [4.78, 5) is 0. The largest absolute Gasteiger partial charge is 0.390 e. The lowest BCUT2D eigenvalue weighted by Crippen LogP contribution is -2.40. The third-order valence-corrected chi connectivity index (χ3v) is 3.99. The van der Waals surface area contributed by atoms with E-state index in [-0.39, 0.29) is 6.10 Å². The summed E-state index contributed by atoms with van der Waals surface area (Å²) >= 11 is 0. The second-order valence-corrected chi connectivity index (χ2v) is 5.48. The fraction of sp³-hybridized carbons (Fsp3) is 0.786. The van der Waals surface area contributed by atoms with Gasteiger partial charge in [0.15, 0.2) is 0 Å². The van der Waals surface area contributed by atoms with Crippen LogP contribution in [0.3, 0.4) is 0 Å². The minimum atomic E-state index is -0.365. The third-order valence-electron chi connectivity index (χ3n) is 3.99. The lowest BCUT2D eigenvalue weighted by molar-refractivity contribution is 0.137. The van der Waals surface area contributed by atoms with Crippen molar-refractivity contribution >= 4 is 0 Å². The number of aliphatic hydroxyl groups is 1. The summed E-state index contributed by atoms with van der Waals surface area (Å²) in [5.41, 5.74) is 0. The molecule has 4 nitrogen and oxygen atoms in total. The summed E-state index contributed by atoms with van der Waals surface area (Å²) in [6, 6.07) is 2.39. The van der Waals surface area contributed by atoms with Crippen LogP contribution in [0.2, 0.25) is 0 Å². The highest BCUT2D eigenvalue weighted by molar-refractivity contribution is 4.80. The van der Waals surface area contributed by atoms with Crippen LogP contribution in [0.15, 0.2) is 18.5 Å². The van der Waals surface area contributed by atoms with Crippen molar-refractivity contribution in [2.24, 2.45) is 5.92 Å². The molecule has 1 aromatic heterocycles. The molecule has 1 saturated carbocycles. The van der Waals surface area contributed by atoms with Gasteiger partial charge in [-0.3, -0.25) is 4.68 Å². The number of nitrogens with zero attached hydrogens (tertiary/aromatic N) is 2. The van der Waals surface area contributed by atoms with Gasteiger partial charge in [-0.25, -0.2) is 0 Å². The van der Waals surface area contributed by atoms with E-state index in [0.29, 0.717) is 19.1 Å². The zero-order valence-corrected chi connectivity index (χ0v) is 11.3. The molecule has 1 heterocycles. The van der Waals surface area contributed by atoms with Crippen molar-refractivity contribution in [2.45, 2.75) is 57.7 Å². The van der Waals surface area contributed by atoms with Crippen LogP contribution < -0.4 is 5.32 Å². The summed E-state index contributed by atoms with van der Waals surface area (Å²) in [6.07, 6.45) is 10.1. The van der Waals surface area contributed by atoms with Crippen LogP contribution in [-0.2, 0) is 6.54 Å². The van der Waals surface area contributed by atoms with Crippen molar-refractivity contribution in [3.8, 4) is 0 Å². The Morgan fingerprint density at radius 2 is 2.17 bits per heavy atom. The van der Waals surface area contributed by atoms with Crippen LogP contribution in [0.25, 0.3) is 0 Å². The SMILES string of the molecule is CC(NCC(O)Cn1cccn1)C1CCCCC1. The highest BCUT2D eigenvalue weighted by Gasteiger charge is 2.20. The average molecular weight is 251 g/mol. The van der Waals surface area contributed by atoms with E-state index >= 15 is 0 Å². The highest BCUT2D eigenvalue weighted by Crippen LogP contribution is 2.26. The number of aliphatic hydroxyl groups excluding tert-OH is 1. The van der Waals surface area contributed by atoms with Gasteiger partial charge in [0.2, 0.25) is 0 Å². The molecule has 18 heavy (non-hydrogen) atoms. The van der Waals surface area contributed by atoms with E-state index in [4.69, 9.17) is 0 Å². The Morgan fingerprint density at radius 3 is 2.83 bits per heavy atom. The minimum absolute atomic E-state index is 0.365. The molecule has 2 unspecified atom stereocenters. The maximum Gasteiger partial charge on any atom is 0.0860 e. The minimum Gasteiger partial charge on any atom is -0.390 e. The Balaban J connectivity index is 1.66. The standard InChI is InChI=1S/C14H25N3O/c1-12(13-6-3-2-4-7-13)15-10-14(18)11-17-9-5-8-16-17/h5,8-9,12-15,18H,2-4,6-7,10-11H2,1H3. The normalized spacial score (nSPS) is 20.8. The number of rotatable bonds is 6. The predicted octanol–water partition coefficient (Wildman–Crippen LogP) is 1.80. The molecule has 2 rings (SSSR count). The van der Waals surface area contributed by atoms with Gasteiger partial charge in [-0.2, -0.15) is 5.10 Å². The zero-order chi connectivity index (χ0) is 12.8. The molecule has 0 saturated heterocycles. The van der Waals surface area contributed by atoms with Crippen LogP contribution in [0, 0.1) is 5.92 Å². The Kier molecular flexibility index (Phi) is 5.20. The van der Waals surface area contributed by atoms with Crippen LogP contribution in [0.4, 0.5) is 0 Å². The molecule has 0 aliphatic heterocycles. The molecule has 0 radical (unpaired) electrons. The van der Waals surface area contributed by atoms with E-state index in [2.05, 4.69) is 17.3 Å². The maximum absolute atomic E-state index is 9.94. The molecule has 1 aliphatic carbocycles. The van der Waals surface area contributed by atoms with E-state index in [0.717, 1.165) is 5.92 Å². The van der Waals surface area contributed by atoms with Crippen LogP contribution in [-0.4, -0.2) is 33.6 Å². The van der Waals surface area contributed by atoms with Crippen LogP contribution in [0.1, 0.15) is 39.0 Å². The molecular weight excluding hydrogens is 226 g/mol. The lowest BCUT2D eigenvalue weighted by Gasteiger charge is -2.29. The van der Waals surface area contributed by atoms with Crippen molar-refractivity contribution in [1.82, 2.24) is 15.1 Å². The van der Waals surface area contributed by atoms with Crippen molar-refractivity contribution in [3.63, 3.8) is 0 Å². The molecule has 4 heteroatoms. The van der Waals surface area contributed by atoms with Crippen molar-refractivity contribution in [1.29, 1.82) is 0 Å². The Labute approximate surface area is 109 Å². The van der Waals surface area contributed by atoms with Gasteiger partial charge < -0.3 is 10.4 Å². The van der Waals surface area contributed by atoms with Gasteiger partial charge in [-0.05, 0) is 31.7 Å². The highest BCUT2D eigenvalue weighted by atomic mass is 16.3. The monoisotopic (exact) mass is 251 g/mol. The summed E-state index contributed by atoms with van der Waals surface area (Å²) < 4.78 is 1.78. The van der Waals surface area contributed by atoms with Gasteiger partial charge >= 0.3 is 0 Å². The second kappa shape index (κ2) is 6.90. The number of nitrogens with one attached hydrogen (secondary N) is 1. The summed E-state index contributed by atoms with van der Waals surface area (Å²) in [6.45, 7) is 3.46. The molecule has 1 aliphatic rings. The number of hydrogen-bond acceptors (Lipinski definition) is 3. The second-order valence-electron chi connectivity index (χ2n) is 5.48. The van der Waals surface area contributed by atoms with Gasteiger partial charge in [0.25, 0.3) is 0 Å². The molecule has 1 aromatic rings. The van der Waals surface area contributed by atoms with E-state index < -0.39 is 0 Å². The van der Waals surface area contributed by atoms with Gasteiger partial charge in [-0.1, -0.05) is 19.3 Å². The smallest absolute Gasteiger partial charge is 0.0860 e. The third kappa shape index (κ3) is 4.10.